The Bertz CT molecular complexity index is 1250. The molecule has 3 aromatic rings. The second kappa shape index (κ2) is 9.14. The molecule has 5 rings (SSSR count). The zero-order chi connectivity index (χ0) is 23.7. The van der Waals surface area contributed by atoms with Crippen LogP contribution < -0.4 is 9.64 Å². The number of hydrogen-bond acceptors (Lipinski definition) is 5. The van der Waals surface area contributed by atoms with Crippen LogP contribution in [-0.2, 0) is 22.6 Å². The number of hydrogen-bond donors (Lipinski definition) is 0. The summed E-state index contributed by atoms with van der Waals surface area (Å²) in [6.07, 6.45) is 5.29. The first kappa shape index (κ1) is 21.9. The van der Waals surface area contributed by atoms with Crippen LogP contribution >= 0.6 is 0 Å². The first-order chi connectivity index (χ1) is 16.5. The van der Waals surface area contributed by atoms with Crippen LogP contribution in [0.25, 0.3) is 5.57 Å². The van der Waals surface area contributed by atoms with E-state index in [4.69, 9.17) is 4.74 Å². The van der Waals surface area contributed by atoms with E-state index in [1.165, 1.54) is 10.5 Å². The zero-order valence-corrected chi connectivity index (χ0v) is 19.4. The summed E-state index contributed by atoms with van der Waals surface area (Å²) in [5, 5.41) is 0. The maximum atomic E-state index is 13.8. The fraction of sp³-hybridized carbons (Fsp3) is 0.250. The summed E-state index contributed by atoms with van der Waals surface area (Å²) in [5.41, 5.74) is 4.57. The number of rotatable bonds is 6. The number of benzene rings is 2. The van der Waals surface area contributed by atoms with Crippen molar-refractivity contribution in [2.45, 2.75) is 39.3 Å². The predicted molar refractivity (Wildman–Crippen MR) is 131 cm³/mol. The molecule has 0 unspecified atom stereocenters. The molecule has 1 aromatic heterocycles. The Morgan fingerprint density at radius 3 is 2.50 bits per heavy atom. The number of pyridine rings is 1. The molecule has 0 radical (unpaired) electrons. The van der Waals surface area contributed by atoms with Crippen molar-refractivity contribution in [3.63, 3.8) is 0 Å². The average Bonchev–Trinajstić information content (AvgIpc) is 3.09. The quantitative estimate of drug-likeness (QED) is 0.511. The maximum absolute atomic E-state index is 13.8. The van der Waals surface area contributed by atoms with Gasteiger partial charge >= 0.3 is 0 Å². The molecule has 0 saturated carbocycles. The number of imide groups is 1. The molecule has 0 bridgehead atoms. The lowest BCUT2D eigenvalue weighted by atomic mass is 9.98. The summed E-state index contributed by atoms with van der Waals surface area (Å²) in [5.74, 6) is 0.167. The van der Waals surface area contributed by atoms with Crippen LogP contribution in [0.5, 0.6) is 5.75 Å². The lowest BCUT2D eigenvalue weighted by Gasteiger charge is -2.32. The van der Waals surface area contributed by atoms with E-state index < -0.39 is 0 Å². The van der Waals surface area contributed by atoms with Crippen molar-refractivity contribution in [3.05, 3.63) is 95.4 Å². The molecule has 172 valence electrons. The van der Waals surface area contributed by atoms with Gasteiger partial charge in [0.2, 0.25) is 0 Å². The molecule has 0 fully saturated rings. The number of aryl methyl sites for hydroxylation is 1. The highest BCUT2D eigenvalue weighted by Crippen LogP contribution is 2.38. The Hall–Kier alpha value is -3.93. The van der Waals surface area contributed by atoms with E-state index in [-0.39, 0.29) is 24.5 Å². The summed E-state index contributed by atoms with van der Waals surface area (Å²) in [4.78, 5) is 35.0. The summed E-state index contributed by atoms with van der Waals surface area (Å²) >= 11 is 0. The Kier molecular flexibility index (Phi) is 5.88. The van der Waals surface area contributed by atoms with Crippen LogP contribution in [0.2, 0.25) is 0 Å². The number of carbonyl (C=O) groups is 2. The number of para-hydroxylation sites is 1. The molecule has 2 aliphatic heterocycles. The van der Waals surface area contributed by atoms with Gasteiger partial charge in [-0.05, 0) is 67.6 Å². The van der Waals surface area contributed by atoms with Gasteiger partial charge in [-0.1, -0.05) is 36.4 Å². The van der Waals surface area contributed by atoms with Gasteiger partial charge in [-0.2, -0.15) is 0 Å². The van der Waals surface area contributed by atoms with Gasteiger partial charge in [0.1, 0.15) is 11.4 Å². The minimum Gasteiger partial charge on any atom is -0.491 e. The standard InChI is InChI=1S/C28H27N3O3/c1-19(2)34-23-13-11-22(12-14-23)25-26(30-16-6-9-21-8-3-4-10-24(21)30)28(33)31(27(25)32)18-20-7-5-15-29-17-20/h3-5,7-8,10-15,17,19H,6,9,16,18H2,1-2H3. The first-order valence-corrected chi connectivity index (χ1v) is 11.6. The molecule has 2 aliphatic rings. The molecule has 0 saturated heterocycles. The normalized spacial score (nSPS) is 15.9. The van der Waals surface area contributed by atoms with E-state index in [9.17, 15) is 9.59 Å². The first-order valence-electron chi connectivity index (χ1n) is 11.6. The van der Waals surface area contributed by atoms with Crippen molar-refractivity contribution in [1.82, 2.24) is 9.88 Å². The van der Waals surface area contributed by atoms with Gasteiger partial charge in [-0.15, -0.1) is 0 Å². The highest BCUT2D eigenvalue weighted by molar-refractivity contribution is 6.36. The second-order valence-electron chi connectivity index (χ2n) is 8.86. The third-order valence-electron chi connectivity index (χ3n) is 6.10. The largest absolute Gasteiger partial charge is 0.491 e. The Morgan fingerprint density at radius 2 is 1.76 bits per heavy atom. The van der Waals surface area contributed by atoms with E-state index in [0.717, 1.165) is 29.8 Å². The molecule has 2 aromatic carbocycles. The fourth-order valence-corrected chi connectivity index (χ4v) is 4.63. The number of amides is 2. The molecule has 34 heavy (non-hydrogen) atoms. The van der Waals surface area contributed by atoms with Crippen LogP contribution in [0.15, 0.2) is 78.8 Å². The molecule has 0 aliphatic carbocycles. The van der Waals surface area contributed by atoms with Crippen LogP contribution in [0.4, 0.5) is 5.69 Å². The van der Waals surface area contributed by atoms with E-state index in [2.05, 4.69) is 11.1 Å². The van der Waals surface area contributed by atoms with Gasteiger partial charge in [0.25, 0.3) is 11.8 Å². The van der Waals surface area contributed by atoms with E-state index in [1.54, 1.807) is 12.4 Å². The summed E-state index contributed by atoms with van der Waals surface area (Å²) in [6.45, 7) is 4.81. The molecule has 0 N–H and O–H groups in total. The number of ether oxygens (including phenoxy) is 1. The minimum absolute atomic E-state index is 0.0511. The highest BCUT2D eigenvalue weighted by atomic mass is 16.5. The van der Waals surface area contributed by atoms with Crippen molar-refractivity contribution in [2.75, 3.05) is 11.4 Å². The van der Waals surface area contributed by atoms with Crippen molar-refractivity contribution in [1.29, 1.82) is 0 Å². The number of anilines is 1. The molecule has 6 nitrogen and oxygen atoms in total. The van der Waals surface area contributed by atoms with Crippen LogP contribution in [-0.4, -0.2) is 34.3 Å². The average molecular weight is 454 g/mol. The third kappa shape index (κ3) is 4.07. The van der Waals surface area contributed by atoms with Crippen molar-refractivity contribution in [3.8, 4) is 5.75 Å². The zero-order valence-electron chi connectivity index (χ0n) is 19.4. The highest BCUT2D eigenvalue weighted by Gasteiger charge is 2.42. The van der Waals surface area contributed by atoms with Crippen molar-refractivity contribution in [2.24, 2.45) is 0 Å². The van der Waals surface area contributed by atoms with Gasteiger partial charge in [-0.3, -0.25) is 19.5 Å². The number of aromatic nitrogens is 1. The van der Waals surface area contributed by atoms with Crippen molar-refractivity contribution >= 4 is 23.1 Å². The number of nitrogens with zero attached hydrogens (tertiary/aromatic N) is 3. The van der Waals surface area contributed by atoms with Gasteiger partial charge in [0.05, 0.1) is 18.2 Å². The summed E-state index contributed by atoms with van der Waals surface area (Å²) < 4.78 is 5.77. The topological polar surface area (TPSA) is 62.7 Å². The van der Waals surface area contributed by atoms with E-state index in [1.807, 2.05) is 73.3 Å². The summed E-state index contributed by atoms with van der Waals surface area (Å²) in [7, 11) is 0. The Morgan fingerprint density at radius 1 is 0.971 bits per heavy atom. The number of fused-ring (bicyclic) bond motifs is 1. The predicted octanol–water partition coefficient (Wildman–Crippen LogP) is 4.60. The van der Waals surface area contributed by atoms with Gasteiger partial charge < -0.3 is 9.64 Å². The number of carbonyl (C=O) groups excluding carboxylic acids is 2. The minimum atomic E-state index is -0.288. The van der Waals surface area contributed by atoms with Crippen LogP contribution in [0.1, 0.15) is 37.0 Å². The Balaban J connectivity index is 1.59. The van der Waals surface area contributed by atoms with E-state index in [0.29, 0.717) is 23.4 Å². The third-order valence-corrected chi connectivity index (χ3v) is 6.10. The van der Waals surface area contributed by atoms with E-state index >= 15 is 0 Å². The molecule has 0 spiro atoms. The lowest BCUT2D eigenvalue weighted by Crippen LogP contribution is -2.36. The lowest BCUT2D eigenvalue weighted by molar-refractivity contribution is -0.137. The van der Waals surface area contributed by atoms with Crippen LogP contribution in [0, 0.1) is 0 Å². The molecule has 3 heterocycles. The fourth-order valence-electron chi connectivity index (χ4n) is 4.63. The van der Waals surface area contributed by atoms with Gasteiger partial charge in [-0.25, -0.2) is 0 Å². The SMILES string of the molecule is CC(C)Oc1ccc(C2=C(N3CCCc4ccccc43)C(=O)N(Cc3cccnc3)C2=O)cc1. The van der Waals surface area contributed by atoms with Crippen LogP contribution in [0.3, 0.4) is 0 Å². The molecular weight excluding hydrogens is 426 g/mol. The van der Waals surface area contributed by atoms with Gasteiger partial charge in [0.15, 0.2) is 0 Å². The maximum Gasteiger partial charge on any atom is 0.278 e. The summed E-state index contributed by atoms with van der Waals surface area (Å²) in [6, 6.07) is 19.2. The monoisotopic (exact) mass is 453 g/mol. The molecule has 6 heteroatoms. The Labute approximate surface area is 199 Å². The molecule has 0 atom stereocenters. The molecule has 2 amide bonds. The molecular formula is C28H27N3O3. The van der Waals surface area contributed by atoms with Crippen molar-refractivity contribution < 1.29 is 14.3 Å². The smallest absolute Gasteiger partial charge is 0.278 e. The second-order valence-corrected chi connectivity index (χ2v) is 8.86. The van der Waals surface area contributed by atoms with Gasteiger partial charge in [0, 0.05) is 24.6 Å².